The predicted octanol–water partition coefficient (Wildman–Crippen LogP) is 0.584. The lowest BCUT2D eigenvalue weighted by Gasteiger charge is -1.99. The van der Waals surface area contributed by atoms with Crippen molar-refractivity contribution >= 4 is 0 Å². The van der Waals surface area contributed by atoms with Crippen LogP contribution in [0.15, 0.2) is 30.3 Å². The highest BCUT2D eigenvalue weighted by molar-refractivity contribution is 5.14. The largest absolute Gasteiger partial charge is 0.479 e. The fourth-order valence-corrected chi connectivity index (χ4v) is 0.913. The minimum atomic E-state index is 1.07. The molecule has 0 atom stereocenters. The number of nitrogens with two attached hydrogens (primary N) is 1. The van der Waals surface area contributed by atoms with Crippen LogP contribution in [-0.4, -0.2) is 6.54 Å². The maximum atomic E-state index is 3.68. The lowest BCUT2D eigenvalue weighted by atomic mass is 10.2. The van der Waals surface area contributed by atoms with Crippen LogP contribution < -0.4 is 5.32 Å². The zero-order chi connectivity index (χ0) is 7.23. The van der Waals surface area contributed by atoms with Crippen molar-refractivity contribution in [3.63, 3.8) is 0 Å². The van der Waals surface area contributed by atoms with Crippen molar-refractivity contribution in [2.75, 3.05) is 6.54 Å². The summed E-state index contributed by atoms with van der Waals surface area (Å²) in [4.78, 5) is 0. The second kappa shape index (κ2) is 4.07. The summed E-state index contributed by atoms with van der Waals surface area (Å²) in [6.07, 6.45) is 1.12. The molecular formula is C9H13N. The predicted molar refractivity (Wildman–Crippen MR) is 42.3 cm³/mol. The van der Waals surface area contributed by atoms with Gasteiger partial charge in [-0.05, 0) is 5.56 Å². The quantitative estimate of drug-likeness (QED) is 0.584. The van der Waals surface area contributed by atoms with Gasteiger partial charge in [-0.1, -0.05) is 30.3 Å². The summed E-state index contributed by atoms with van der Waals surface area (Å²) in [6.45, 7) is 1.07. The highest BCUT2D eigenvalue weighted by atomic mass is 14.8. The van der Waals surface area contributed by atoms with Gasteiger partial charge in [-0.15, -0.1) is 0 Å². The van der Waals surface area contributed by atoms with Crippen molar-refractivity contribution in [1.82, 2.24) is 0 Å². The Kier molecular flexibility index (Phi) is 2.97. The molecule has 0 aliphatic heterocycles. The van der Waals surface area contributed by atoms with Crippen LogP contribution in [0.25, 0.3) is 0 Å². The third kappa shape index (κ3) is 2.19. The molecular weight excluding hydrogens is 122 g/mol. The van der Waals surface area contributed by atoms with Gasteiger partial charge >= 0.3 is 0 Å². The molecule has 0 unspecified atom stereocenters. The van der Waals surface area contributed by atoms with E-state index in [0.29, 0.717) is 0 Å². The van der Waals surface area contributed by atoms with E-state index in [1.54, 1.807) is 0 Å². The molecule has 10 heavy (non-hydrogen) atoms. The molecule has 0 fully saturated rings. The maximum absolute atomic E-state index is 3.68. The molecule has 1 aromatic rings. The summed E-state index contributed by atoms with van der Waals surface area (Å²) in [7, 11) is 3.68. The van der Waals surface area contributed by atoms with E-state index in [1.807, 2.05) is 11.4 Å². The molecule has 0 heterocycles. The van der Waals surface area contributed by atoms with Crippen molar-refractivity contribution < 1.29 is 5.32 Å². The van der Waals surface area contributed by atoms with Crippen LogP contribution in [0.3, 0.4) is 0 Å². The topological polar surface area (TPSA) is 16.6 Å². The molecule has 0 saturated heterocycles. The first-order valence-corrected chi connectivity index (χ1v) is 3.58. The van der Waals surface area contributed by atoms with Crippen LogP contribution in [0, 0.1) is 7.05 Å². The van der Waals surface area contributed by atoms with Crippen LogP contribution in [0.1, 0.15) is 5.56 Å². The van der Waals surface area contributed by atoms with Crippen LogP contribution in [0.4, 0.5) is 0 Å². The monoisotopic (exact) mass is 135 g/mol. The van der Waals surface area contributed by atoms with Crippen molar-refractivity contribution in [1.29, 1.82) is 0 Å². The minimum Gasteiger partial charge on any atom is -0.479 e. The van der Waals surface area contributed by atoms with E-state index >= 15 is 0 Å². The normalized spacial score (nSPS) is 9.70. The molecule has 0 aromatic heterocycles. The lowest BCUT2D eigenvalue weighted by Crippen LogP contribution is -2.77. The minimum absolute atomic E-state index is 1.07. The Hall–Kier alpha value is -0.820. The molecule has 0 radical (unpaired) electrons. The van der Waals surface area contributed by atoms with E-state index in [-0.39, 0.29) is 0 Å². The van der Waals surface area contributed by atoms with Gasteiger partial charge in [0.25, 0.3) is 0 Å². The Morgan fingerprint density at radius 3 is 2.50 bits per heavy atom. The van der Waals surface area contributed by atoms with E-state index in [0.717, 1.165) is 13.0 Å². The first-order chi connectivity index (χ1) is 4.93. The SMILES string of the molecule is [CH2-][NH2+]CCc1ccccc1. The Morgan fingerprint density at radius 2 is 1.90 bits per heavy atom. The third-order valence-electron chi connectivity index (χ3n) is 1.48. The van der Waals surface area contributed by atoms with E-state index in [9.17, 15) is 0 Å². The Balaban J connectivity index is 2.43. The van der Waals surface area contributed by atoms with Crippen LogP contribution in [-0.2, 0) is 6.42 Å². The van der Waals surface area contributed by atoms with Crippen molar-refractivity contribution in [2.45, 2.75) is 6.42 Å². The van der Waals surface area contributed by atoms with E-state index < -0.39 is 0 Å². The van der Waals surface area contributed by atoms with E-state index in [1.165, 1.54) is 5.56 Å². The van der Waals surface area contributed by atoms with Gasteiger partial charge in [0.2, 0.25) is 0 Å². The molecule has 1 nitrogen and oxygen atoms in total. The zero-order valence-electron chi connectivity index (χ0n) is 6.09. The summed E-state index contributed by atoms with van der Waals surface area (Å²) in [5.74, 6) is 0. The third-order valence-corrected chi connectivity index (χ3v) is 1.48. The van der Waals surface area contributed by atoms with Crippen LogP contribution >= 0.6 is 0 Å². The molecule has 54 valence electrons. The first kappa shape index (κ1) is 7.29. The average molecular weight is 135 g/mol. The van der Waals surface area contributed by atoms with Crippen LogP contribution in [0.5, 0.6) is 0 Å². The highest BCUT2D eigenvalue weighted by Gasteiger charge is 1.87. The second-order valence-corrected chi connectivity index (χ2v) is 2.31. The molecule has 0 amide bonds. The lowest BCUT2D eigenvalue weighted by molar-refractivity contribution is -0.594. The van der Waals surface area contributed by atoms with E-state index in [2.05, 4.69) is 31.3 Å². The second-order valence-electron chi connectivity index (χ2n) is 2.31. The Bertz CT molecular complexity index is 169. The highest BCUT2D eigenvalue weighted by Crippen LogP contribution is 1.96. The standard InChI is InChI=1S/C9H13N/c1-10-8-7-9-5-3-2-4-6-9/h2-6H,1,7-8,10H2. The van der Waals surface area contributed by atoms with Crippen molar-refractivity contribution in [3.8, 4) is 0 Å². The zero-order valence-corrected chi connectivity index (χ0v) is 6.09. The van der Waals surface area contributed by atoms with E-state index in [4.69, 9.17) is 0 Å². The molecule has 0 spiro atoms. The van der Waals surface area contributed by atoms with Crippen molar-refractivity contribution in [2.24, 2.45) is 0 Å². The van der Waals surface area contributed by atoms with Gasteiger partial charge < -0.3 is 5.32 Å². The number of hydrogen-bond donors (Lipinski definition) is 1. The summed E-state index contributed by atoms with van der Waals surface area (Å²) < 4.78 is 0. The Morgan fingerprint density at radius 1 is 1.20 bits per heavy atom. The van der Waals surface area contributed by atoms with Gasteiger partial charge in [0.15, 0.2) is 0 Å². The summed E-state index contributed by atoms with van der Waals surface area (Å²) >= 11 is 0. The number of benzene rings is 1. The van der Waals surface area contributed by atoms with Gasteiger partial charge in [-0.25, -0.2) is 0 Å². The molecule has 1 rings (SSSR count). The van der Waals surface area contributed by atoms with Gasteiger partial charge in [0.1, 0.15) is 0 Å². The molecule has 0 bridgehead atoms. The van der Waals surface area contributed by atoms with Gasteiger partial charge in [-0.3, -0.25) is 0 Å². The smallest absolute Gasteiger partial charge is 0.0556 e. The number of quaternary nitrogens is 1. The summed E-state index contributed by atoms with van der Waals surface area (Å²) in [5.41, 5.74) is 1.39. The number of rotatable bonds is 3. The number of hydrogen-bond acceptors (Lipinski definition) is 0. The molecule has 1 heteroatoms. The van der Waals surface area contributed by atoms with Crippen LogP contribution in [0.2, 0.25) is 0 Å². The molecule has 0 aliphatic rings. The summed E-state index contributed by atoms with van der Waals surface area (Å²) in [6, 6.07) is 10.5. The van der Waals surface area contributed by atoms with Gasteiger partial charge in [-0.2, -0.15) is 7.05 Å². The van der Waals surface area contributed by atoms with Crippen molar-refractivity contribution in [3.05, 3.63) is 42.9 Å². The van der Waals surface area contributed by atoms with Gasteiger partial charge in [0.05, 0.1) is 6.54 Å². The fourth-order valence-electron chi connectivity index (χ4n) is 0.913. The first-order valence-electron chi connectivity index (χ1n) is 3.58. The molecule has 1 aromatic carbocycles. The average Bonchev–Trinajstić information content (AvgIpc) is 2.03. The molecule has 2 N–H and O–H groups in total. The summed E-state index contributed by atoms with van der Waals surface area (Å²) in [5, 5.41) is 1.95. The molecule has 0 saturated carbocycles. The van der Waals surface area contributed by atoms with Gasteiger partial charge in [0, 0.05) is 6.42 Å². The maximum Gasteiger partial charge on any atom is 0.0556 e. The molecule has 0 aliphatic carbocycles. The Labute approximate surface area is 62.1 Å². The fraction of sp³-hybridized carbons (Fsp3) is 0.222.